The van der Waals surface area contributed by atoms with Crippen molar-refractivity contribution >= 4 is 10.0 Å². The van der Waals surface area contributed by atoms with Crippen LogP contribution < -0.4 is 4.72 Å². The van der Waals surface area contributed by atoms with E-state index >= 15 is 0 Å². The first-order valence-electron chi connectivity index (χ1n) is 6.65. The van der Waals surface area contributed by atoms with Crippen molar-refractivity contribution in [2.45, 2.75) is 17.7 Å². The highest BCUT2D eigenvalue weighted by Gasteiger charge is 2.13. The molecule has 0 amide bonds. The van der Waals surface area contributed by atoms with Gasteiger partial charge in [0, 0.05) is 6.54 Å². The third-order valence-corrected chi connectivity index (χ3v) is 4.51. The zero-order valence-electron chi connectivity index (χ0n) is 11.5. The lowest BCUT2D eigenvalue weighted by molar-refractivity contribution is 0.579. The number of aryl methyl sites for hydroxylation is 1. The predicted octanol–water partition coefficient (Wildman–Crippen LogP) is 2.47. The number of rotatable bonds is 6. The Labute approximate surface area is 125 Å². The Morgan fingerprint density at radius 3 is 2.52 bits per heavy atom. The second-order valence-electron chi connectivity index (χ2n) is 4.63. The summed E-state index contributed by atoms with van der Waals surface area (Å²) in [5.41, 5.74) is 1.52. The van der Waals surface area contributed by atoms with Crippen molar-refractivity contribution < 1.29 is 8.42 Å². The standard InChI is InChI=1S/C16H16N2O2S/c17-13-15-8-4-10-16(12-15)21(19,20)18-11-5-9-14-6-2-1-3-7-14/h1-4,6-8,10,12,18H,5,9,11H2. The minimum Gasteiger partial charge on any atom is -0.211 e. The average Bonchev–Trinajstić information content (AvgIpc) is 2.53. The Morgan fingerprint density at radius 2 is 1.81 bits per heavy atom. The van der Waals surface area contributed by atoms with Crippen LogP contribution in [0.3, 0.4) is 0 Å². The van der Waals surface area contributed by atoms with Gasteiger partial charge < -0.3 is 0 Å². The van der Waals surface area contributed by atoms with E-state index in [2.05, 4.69) is 4.72 Å². The molecule has 2 rings (SSSR count). The fraction of sp³-hybridized carbons (Fsp3) is 0.188. The van der Waals surface area contributed by atoms with Crippen LogP contribution in [-0.4, -0.2) is 15.0 Å². The van der Waals surface area contributed by atoms with E-state index < -0.39 is 10.0 Å². The maximum atomic E-state index is 12.1. The molecule has 4 nitrogen and oxygen atoms in total. The topological polar surface area (TPSA) is 70.0 Å². The van der Waals surface area contributed by atoms with Crippen molar-refractivity contribution in [2.24, 2.45) is 0 Å². The Morgan fingerprint density at radius 1 is 1.05 bits per heavy atom. The van der Waals surface area contributed by atoms with Crippen LogP contribution >= 0.6 is 0 Å². The Kier molecular flexibility index (Phi) is 5.09. The number of nitriles is 1. The molecule has 2 aromatic rings. The maximum absolute atomic E-state index is 12.1. The van der Waals surface area contributed by atoms with Gasteiger partial charge in [0.05, 0.1) is 16.5 Å². The second kappa shape index (κ2) is 7.02. The van der Waals surface area contributed by atoms with Gasteiger partial charge in [0.25, 0.3) is 0 Å². The lowest BCUT2D eigenvalue weighted by Crippen LogP contribution is -2.25. The number of hydrogen-bond donors (Lipinski definition) is 1. The molecular weight excluding hydrogens is 284 g/mol. The molecule has 0 spiro atoms. The van der Waals surface area contributed by atoms with E-state index in [1.54, 1.807) is 12.1 Å². The summed E-state index contributed by atoms with van der Waals surface area (Å²) < 4.78 is 26.7. The summed E-state index contributed by atoms with van der Waals surface area (Å²) in [6, 6.07) is 17.9. The molecule has 0 unspecified atom stereocenters. The normalized spacial score (nSPS) is 11.0. The molecule has 0 saturated heterocycles. The summed E-state index contributed by atoms with van der Waals surface area (Å²) in [4.78, 5) is 0.126. The van der Waals surface area contributed by atoms with Crippen LogP contribution in [0.5, 0.6) is 0 Å². The molecule has 0 aliphatic heterocycles. The smallest absolute Gasteiger partial charge is 0.211 e. The van der Waals surface area contributed by atoms with E-state index in [1.807, 2.05) is 36.4 Å². The fourth-order valence-electron chi connectivity index (χ4n) is 1.96. The summed E-state index contributed by atoms with van der Waals surface area (Å²) in [5, 5.41) is 8.80. The summed E-state index contributed by atoms with van der Waals surface area (Å²) >= 11 is 0. The number of sulfonamides is 1. The molecule has 0 heterocycles. The molecule has 0 bridgehead atoms. The summed E-state index contributed by atoms with van der Waals surface area (Å²) in [7, 11) is -3.55. The van der Waals surface area contributed by atoms with Crippen LogP contribution in [0.1, 0.15) is 17.5 Å². The molecule has 5 heteroatoms. The highest BCUT2D eigenvalue weighted by Crippen LogP contribution is 2.11. The summed E-state index contributed by atoms with van der Waals surface area (Å²) in [5.74, 6) is 0. The SMILES string of the molecule is N#Cc1cccc(S(=O)(=O)NCCCc2ccccc2)c1. The molecule has 0 atom stereocenters. The first kappa shape index (κ1) is 15.2. The molecular formula is C16H16N2O2S. The zero-order chi connectivity index (χ0) is 15.1. The van der Waals surface area contributed by atoms with Gasteiger partial charge in [0.2, 0.25) is 10.0 Å². The number of hydrogen-bond acceptors (Lipinski definition) is 3. The number of benzene rings is 2. The van der Waals surface area contributed by atoms with Gasteiger partial charge in [0.1, 0.15) is 0 Å². The molecule has 1 N–H and O–H groups in total. The van der Waals surface area contributed by atoms with Crippen LogP contribution in [0.4, 0.5) is 0 Å². The van der Waals surface area contributed by atoms with Crippen LogP contribution in [-0.2, 0) is 16.4 Å². The second-order valence-corrected chi connectivity index (χ2v) is 6.39. The highest BCUT2D eigenvalue weighted by molar-refractivity contribution is 7.89. The van der Waals surface area contributed by atoms with Gasteiger partial charge in [-0.15, -0.1) is 0 Å². The molecule has 0 aliphatic rings. The van der Waals surface area contributed by atoms with Crippen molar-refractivity contribution in [3.05, 3.63) is 65.7 Å². The van der Waals surface area contributed by atoms with Crippen molar-refractivity contribution in [1.82, 2.24) is 4.72 Å². The van der Waals surface area contributed by atoms with E-state index in [0.29, 0.717) is 12.1 Å². The van der Waals surface area contributed by atoms with Crippen LogP contribution in [0.2, 0.25) is 0 Å². The van der Waals surface area contributed by atoms with Gasteiger partial charge >= 0.3 is 0 Å². The quantitative estimate of drug-likeness (QED) is 0.833. The van der Waals surface area contributed by atoms with Crippen molar-refractivity contribution in [3.8, 4) is 6.07 Å². The molecule has 108 valence electrons. The van der Waals surface area contributed by atoms with Gasteiger partial charge in [-0.2, -0.15) is 5.26 Å². The minimum atomic E-state index is -3.55. The Bertz CT molecular complexity index is 734. The Hall–Kier alpha value is -2.16. The van der Waals surface area contributed by atoms with E-state index in [1.165, 1.54) is 17.7 Å². The van der Waals surface area contributed by atoms with Gasteiger partial charge in [-0.05, 0) is 36.6 Å². The van der Waals surface area contributed by atoms with Crippen molar-refractivity contribution in [2.75, 3.05) is 6.54 Å². The van der Waals surface area contributed by atoms with E-state index in [4.69, 9.17) is 5.26 Å². The summed E-state index contributed by atoms with van der Waals surface area (Å²) in [6.45, 7) is 0.369. The summed E-state index contributed by atoms with van der Waals surface area (Å²) in [6.07, 6.45) is 1.54. The third-order valence-electron chi connectivity index (χ3n) is 3.05. The zero-order valence-corrected chi connectivity index (χ0v) is 12.3. The van der Waals surface area contributed by atoms with Gasteiger partial charge in [0.15, 0.2) is 0 Å². The van der Waals surface area contributed by atoms with Crippen molar-refractivity contribution in [1.29, 1.82) is 5.26 Å². The average molecular weight is 300 g/mol. The maximum Gasteiger partial charge on any atom is 0.240 e. The molecule has 2 aromatic carbocycles. The van der Waals surface area contributed by atoms with E-state index in [-0.39, 0.29) is 4.90 Å². The monoisotopic (exact) mass is 300 g/mol. The highest BCUT2D eigenvalue weighted by atomic mass is 32.2. The lowest BCUT2D eigenvalue weighted by Gasteiger charge is -2.07. The van der Waals surface area contributed by atoms with E-state index in [9.17, 15) is 8.42 Å². The molecule has 0 radical (unpaired) electrons. The van der Waals surface area contributed by atoms with E-state index in [0.717, 1.165) is 12.8 Å². The van der Waals surface area contributed by atoms with Gasteiger partial charge in [-0.1, -0.05) is 36.4 Å². The first-order valence-corrected chi connectivity index (χ1v) is 8.14. The Balaban J connectivity index is 1.91. The number of nitrogens with zero attached hydrogens (tertiary/aromatic N) is 1. The number of nitrogens with one attached hydrogen (secondary N) is 1. The fourth-order valence-corrected chi connectivity index (χ4v) is 3.08. The predicted molar refractivity (Wildman–Crippen MR) is 81.1 cm³/mol. The van der Waals surface area contributed by atoms with Crippen LogP contribution in [0.15, 0.2) is 59.5 Å². The molecule has 0 saturated carbocycles. The molecule has 0 fully saturated rings. The van der Waals surface area contributed by atoms with Crippen LogP contribution in [0, 0.1) is 11.3 Å². The van der Waals surface area contributed by atoms with Gasteiger partial charge in [-0.3, -0.25) is 0 Å². The van der Waals surface area contributed by atoms with Gasteiger partial charge in [-0.25, -0.2) is 13.1 Å². The molecule has 0 aliphatic carbocycles. The van der Waals surface area contributed by atoms with Crippen molar-refractivity contribution in [3.63, 3.8) is 0 Å². The largest absolute Gasteiger partial charge is 0.240 e. The molecule has 0 aromatic heterocycles. The molecule has 21 heavy (non-hydrogen) atoms. The minimum absolute atomic E-state index is 0.126. The lowest BCUT2D eigenvalue weighted by atomic mass is 10.1. The van der Waals surface area contributed by atoms with Crippen LogP contribution in [0.25, 0.3) is 0 Å². The first-order chi connectivity index (χ1) is 10.1. The third kappa shape index (κ3) is 4.42.